The van der Waals surface area contributed by atoms with Crippen LogP contribution in [-0.2, 0) is 19.1 Å². The minimum absolute atomic E-state index is 0.00276. The summed E-state index contributed by atoms with van der Waals surface area (Å²) in [5.41, 5.74) is 0. The first-order valence-corrected chi connectivity index (χ1v) is 23.5. The number of ether oxygens (including phenoxy) is 2. The summed E-state index contributed by atoms with van der Waals surface area (Å²) in [5.74, 6) is 0.779. The Kier molecular flexibility index (Phi) is 40.2. The van der Waals surface area contributed by atoms with Crippen LogP contribution in [0.5, 0.6) is 0 Å². The predicted molar refractivity (Wildman–Crippen MR) is 226 cm³/mol. The summed E-state index contributed by atoms with van der Waals surface area (Å²) in [6, 6.07) is 0. The van der Waals surface area contributed by atoms with E-state index in [4.69, 9.17) is 9.47 Å². The summed E-state index contributed by atoms with van der Waals surface area (Å²) in [6.45, 7) is 15.6. The van der Waals surface area contributed by atoms with Crippen LogP contribution in [0.25, 0.3) is 0 Å². The van der Waals surface area contributed by atoms with Gasteiger partial charge in [0, 0.05) is 12.8 Å². The highest BCUT2D eigenvalue weighted by molar-refractivity contribution is 5.69. The second kappa shape index (κ2) is 41.1. The molecular weight excluding hydrogens is 643 g/mol. The molecule has 5 heteroatoms. The van der Waals surface area contributed by atoms with Gasteiger partial charge in [-0.25, -0.2) is 0 Å². The molecule has 0 fully saturated rings. The first kappa shape index (κ1) is 50.9. The van der Waals surface area contributed by atoms with Crippen LogP contribution in [0.1, 0.15) is 253 Å². The van der Waals surface area contributed by atoms with Crippen molar-refractivity contribution in [2.75, 3.05) is 26.2 Å². The highest BCUT2D eigenvalue weighted by Gasteiger charge is 2.14. The standard InChI is InChI=1S/C47H93NO4/c1-6-9-12-15-18-27-34-43-51-46(49)37-30-23-19-25-32-40-48(42-39-44(4)5)41-33-26-20-24-31-38-47(50)52-45(35-28-21-16-13-10-7-2)36-29-22-17-14-11-8-3/h44-45H,6-43H2,1-5H3. The first-order valence-electron chi connectivity index (χ1n) is 23.5. The molecule has 0 aromatic heterocycles. The van der Waals surface area contributed by atoms with Crippen LogP contribution in [-0.4, -0.2) is 49.2 Å². The summed E-state index contributed by atoms with van der Waals surface area (Å²) >= 11 is 0. The Morgan fingerprint density at radius 1 is 0.423 bits per heavy atom. The Morgan fingerprint density at radius 3 is 1.27 bits per heavy atom. The Bertz CT molecular complexity index is 725. The van der Waals surface area contributed by atoms with E-state index in [9.17, 15) is 9.59 Å². The molecule has 0 aromatic carbocycles. The van der Waals surface area contributed by atoms with E-state index in [2.05, 4.69) is 39.5 Å². The average Bonchev–Trinajstić information content (AvgIpc) is 3.13. The smallest absolute Gasteiger partial charge is 0.306 e. The Hall–Kier alpha value is -1.10. The van der Waals surface area contributed by atoms with Gasteiger partial charge in [0.25, 0.3) is 0 Å². The van der Waals surface area contributed by atoms with Gasteiger partial charge in [-0.3, -0.25) is 9.59 Å². The van der Waals surface area contributed by atoms with E-state index < -0.39 is 0 Å². The van der Waals surface area contributed by atoms with Gasteiger partial charge in [-0.2, -0.15) is 0 Å². The van der Waals surface area contributed by atoms with Crippen LogP contribution in [0, 0.1) is 5.92 Å². The first-order chi connectivity index (χ1) is 25.4. The number of hydrogen-bond donors (Lipinski definition) is 0. The third-order valence-corrected chi connectivity index (χ3v) is 10.8. The maximum atomic E-state index is 12.8. The maximum Gasteiger partial charge on any atom is 0.306 e. The molecule has 0 saturated carbocycles. The predicted octanol–water partition coefficient (Wildman–Crippen LogP) is 14.7. The minimum atomic E-state index is -0.00276. The fourth-order valence-corrected chi connectivity index (χ4v) is 7.18. The summed E-state index contributed by atoms with van der Waals surface area (Å²) in [5, 5.41) is 0. The quantitative estimate of drug-likeness (QED) is 0.0461. The Morgan fingerprint density at radius 2 is 0.808 bits per heavy atom. The molecule has 0 atom stereocenters. The number of unbranched alkanes of at least 4 members (excludes halogenated alkanes) is 24. The van der Waals surface area contributed by atoms with E-state index in [1.165, 1.54) is 180 Å². The van der Waals surface area contributed by atoms with E-state index in [-0.39, 0.29) is 18.0 Å². The molecule has 0 aliphatic heterocycles. The molecule has 0 unspecified atom stereocenters. The molecule has 5 nitrogen and oxygen atoms in total. The van der Waals surface area contributed by atoms with Crippen molar-refractivity contribution in [1.29, 1.82) is 0 Å². The van der Waals surface area contributed by atoms with Gasteiger partial charge in [0.2, 0.25) is 0 Å². The topological polar surface area (TPSA) is 55.8 Å². The molecule has 0 aliphatic rings. The minimum Gasteiger partial charge on any atom is -0.466 e. The largest absolute Gasteiger partial charge is 0.466 e. The Labute approximate surface area is 326 Å². The molecule has 0 aromatic rings. The third kappa shape index (κ3) is 38.6. The van der Waals surface area contributed by atoms with Crippen LogP contribution >= 0.6 is 0 Å². The number of esters is 2. The van der Waals surface area contributed by atoms with Crippen molar-refractivity contribution in [2.45, 2.75) is 259 Å². The van der Waals surface area contributed by atoms with Gasteiger partial charge in [-0.15, -0.1) is 0 Å². The summed E-state index contributed by atoms with van der Waals surface area (Å²) in [4.78, 5) is 27.5. The molecule has 0 radical (unpaired) electrons. The van der Waals surface area contributed by atoms with Gasteiger partial charge in [-0.1, -0.05) is 176 Å². The van der Waals surface area contributed by atoms with Crippen molar-refractivity contribution < 1.29 is 19.1 Å². The van der Waals surface area contributed by atoms with Crippen molar-refractivity contribution in [1.82, 2.24) is 4.90 Å². The molecule has 0 aliphatic carbocycles. The molecule has 310 valence electrons. The van der Waals surface area contributed by atoms with Gasteiger partial charge in [0.05, 0.1) is 6.61 Å². The van der Waals surface area contributed by atoms with Gasteiger partial charge in [0.15, 0.2) is 0 Å². The molecule has 0 rings (SSSR count). The van der Waals surface area contributed by atoms with Gasteiger partial charge < -0.3 is 14.4 Å². The van der Waals surface area contributed by atoms with Crippen LogP contribution in [0.4, 0.5) is 0 Å². The van der Waals surface area contributed by atoms with Crippen molar-refractivity contribution in [3.8, 4) is 0 Å². The van der Waals surface area contributed by atoms with E-state index in [0.29, 0.717) is 19.4 Å². The van der Waals surface area contributed by atoms with Crippen molar-refractivity contribution in [3.63, 3.8) is 0 Å². The fraction of sp³-hybridized carbons (Fsp3) is 0.957. The number of nitrogens with zero attached hydrogens (tertiary/aromatic N) is 1. The van der Waals surface area contributed by atoms with E-state index in [1.807, 2.05) is 0 Å². The molecule has 0 spiro atoms. The number of carbonyl (C=O) groups is 2. The summed E-state index contributed by atoms with van der Waals surface area (Å²) in [7, 11) is 0. The second-order valence-corrected chi connectivity index (χ2v) is 16.6. The lowest BCUT2D eigenvalue weighted by atomic mass is 10.0. The van der Waals surface area contributed by atoms with Crippen molar-refractivity contribution >= 4 is 11.9 Å². The van der Waals surface area contributed by atoms with Crippen molar-refractivity contribution in [3.05, 3.63) is 0 Å². The zero-order valence-electron chi connectivity index (χ0n) is 36.1. The van der Waals surface area contributed by atoms with Crippen molar-refractivity contribution in [2.24, 2.45) is 5.92 Å². The second-order valence-electron chi connectivity index (χ2n) is 16.6. The highest BCUT2D eigenvalue weighted by atomic mass is 16.5. The van der Waals surface area contributed by atoms with E-state index >= 15 is 0 Å². The van der Waals surface area contributed by atoms with Gasteiger partial charge in [-0.05, 0) is 89.8 Å². The number of rotatable bonds is 42. The summed E-state index contributed by atoms with van der Waals surface area (Å²) in [6.07, 6.45) is 40.6. The van der Waals surface area contributed by atoms with E-state index in [0.717, 1.165) is 50.9 Å². The number of hydrogen-bond acceptors (Lipinski definition) is 5. The monoisotopic (exact) mass is 736 g/mol. The lowest BCUT2D eigenvalue weighted by Gasteiger charge is -2.23. The SMILES string of the molecule is CCCCCCCCCOC(=O)CCCCCCCN(CCCCCCCC(=O)OC(CCCCCCCC)CCCCCCCC)CCC(C)C. The van der Waals surface area contributed by atoms with Gasteiger partial charge in [0.1, 0.15) is 6.10 Å². The molecule has 0 amide bonds. The molecule has 0 bridgehead atoms. The molecule has 0 N–H and O–H groups in total. The molecule has 0 saturated heterocycles. The average molecular weight is 736 g/mol. The molecular formula is C47H93NO4. The van der Waals surface area contributed by atoms with Crippen LogP contribution in [0.15, 0.2) is 0 Å². The van der Waals surface area contributed by atoms with Crippen LogP contribution in [0.3, 0.4) is 0 Å². The Balaban J connectivity index is 4.11. The lowest BCUT2D eigenvalue weighted by molar-refractivity contribution is -0.150. The number of carbonyl (C=O) groups excluding carboxylic acids is 2. The molecule has 52 heavy (non-hydrogen) atoms. The zero-order chi connectivity index (χ0) is 38.2. The van der Waals surface area contributed by atoms with Crippen LogP contribution in [0.2, 0.25) is 0 Å². The maximum absolute atomic E-state index is 12.8. The van der Waals surface area contributed by atoms with Crippen LogP contribution < -0.4 is 0 Å². The molecule has 0 heterocycles. The fourth-order valence-electron chi connectivity index (χ4n) is 7.18. The highest BCUT2D eigenvalue weighted by Crippen LogP contribution is 2.19. The normalized spacial score (nSPS) is 11.7. The van der Waals surface area contributed by atoms with Gasteiger partial charge >= 0.3 is 11.9 Å². The lowest BCUT2D eigenvalue weighted by Crippen LogP contribution is -2.28. The van der Waals surface area contributed by atoms with E-state index in [1.54, 1.807) is 0 Å². The third-order valence-electron chi connectivity index (χ3n) is 10.8. The summed E-state index contributed by atoms with van der Waals surface area (Å²) < 4.78 is 11.5. The zero-order valence-corrected chi connectivity index (χ0v) is 36.1.